The predicted molar refractivity (Wildman–Crippen MR) is 69.1 cm³/mol. The van der Waals surface area contributed by atoms with E-state index in [1.54, 1.807) is 18.2 Å². The third-order valence-corrected chi connectivity index (χ3v) is 5.00. The van der Waals surface area contributed by atoms with Crippen molar-refractivity contribution in [3.8, 4) is 0 Å². The third-order valence-electron chi connectivity index (χ3n) is 3.61. The Morgan fingerprint density at radius 2 is 2.06 bits per heavy atom. The van der Waals surface area contributed by atoms with E-state index < -0.39 is 9.84 Å². The second-order valence-electron chi connectivity index (χ2n) is 4.75. The Morgan fingerprint density at radius 1 is 1.41 bits per heavy atom. The van der Waals surface area contributed by atoms with Crippen molar-refractivity contribution in [2.24, 2.45) is 5.73 Å². The van der Waals surface area contributed by atoms with E-state index >= 15 is 0 Å². The van der Waals surface area contributed by atoms with E-state index in [1.165, 1.54) is 6.26 Å². The van der Waals surface area contributed by atoms with Crippen LogP contribution in [0.4, 0.5) is 0 Å². The van der Waals surface area contributed by atoms with Gasteiger partial charge in [0.1, 0.15) is 0 Å². The zero-order valence-corrected chi connectivity index (χ0v) is 11.3. The van der Waals surface area contributed by atoms with E-state index in [0.29, 0.717) is 16.5 Å². The van der Waals surface area contributed by atoms with Crippen LogP contribution in [-0.2, 0) is 15.3 Å². The highest BCUT2D eigenvalue weighted by molar-refractivity contribution is 7.90. The van der Waals surface area contributed by atoms with Gasteiger partial charge in [0.05, 0.1) is 4.90 Å². The molecule has 0 atom stereocenters. The van der Waals surface area contributed by atoms with Gasteiger partial charge in [-0.3, -0.25) is 0 Å². The number of rotatable bonds is 3. The average Bonchev–Trinajstić information content (AvgIpc) is 2.15. The first-order valence-electron chi connectivity index (χ1n) is 5.59. The molecule has 1 fully saturated rings. The first-order valence-corrected chi connectivity index (χ1v) is 7.86. The van der Waals surface area contributed by atoms with Gasteiger partial charge >= 0.3 is 0 Å². The van der Waals surface area contributed by atoms with Crippen molar-refractivity contribution in [3.63, 3.8) is 0 Å². The fourth-order valence-corrected chi connectivity index (χ4v) is 3.59. The van der Waals surface area contributed by atoms with Gasteiger partial charge in [0, 0.05) is 23.2 Å². The highest BCUT2D eigenvalue weighted by Crippen LogP contribution is 2.45. The van der Waals surface area contributed by atoms with Crippen molar-refractivity contribution in [1.29, 1.82) is 0 Å². The third kappa shape index (κ3) is 2.21. The molecule has 0 aliphatic heterocycles. The Kier molecular flexibility index (Phi) is 3.23. The van der Waals surface area contributed by atoms with E-state index in [2.05, 4.69) is 0 Å². The molecule has 2 rings (SSSR count). The van der Waals surface area contributed by atoms with Crippen LogP contribution in [-0.4, -0.2) is 21.2 Å². The zero-order chi connectivity index (χ0) is 12.7. The molecule has 94 valence electrons. The maximum absolute atomic E-state index is 11.8. The smallest absolute Gasteiger partial charge is 0.175 e. The van der Waals surface area contributed by atoms with Crippen molar-refractivity contribution in [2.45, 2.75) is 29.6 Å². The molecule has 1 aromatic rings. The van der Waals surface area contributed by atoms with Crippen LogP contribution >= 0.6 is 11.6 Å². The maximum Gasteiger partial charge on any atom is 0.175 e. The van der Waals surface area contributed by atoms with Gasteiger partial charge in [-0.15, -0.1) is 0 Å². The Bertz CT molecular complexity index is 530. The fourth-order valence-electron chi connectivity index (χ4n) is 2.43. The number of hydrogen-bond donors (Lipinski definition) is 1. The molecule has 17 heavy (non-hydrogen) atoms. The topological polar surface area (TPSA) is 60.2 Å². The molecule has 3 nitrogen and oxygen atoms in total. The molecule has 0 radical (unpaired) electrons. The monoisotopic (exact) mass is 273 g/mol. The van der Waals surface area contributed by atoms with Gasteiger partial charge in [-0.05, 0) is 36.6 Å². The summed E-state index contributed by atoms with van der Waals surface area (Å²) in [5, 5.41) is 0.562. The van der Waals surface area contributed by atoms with Crippen LogP contribution in [0.1, 0.15) is 24.8 Å². The molecular weight excluding hydrogens is 258 g/mol. The quantitative estimate of drug-likeness (QED) is 0.918. The molecule has 0 aromatic heterocycles. The lowest BCUT2D eigenvalue weighted by molar-refractivity contribution is 0.248. The van der Waals surface area contributed by atoms with E-state index in [1.807, 2.05) is 0 Å². The number of benzene rings is 1. The van der Waals surface area contributed by atoms with Crippen LogP contribution in [0, 0.1) is 0 Å². The van der Waals surface area contributed by atoms with Gasteiger partial charge < -0.3 is 5.73 Å². The molecule has 1 saturated carbocycles. The van der Waals surface area contributed by atoms with Crippen LogP contribution in [0.3, 0.4) is 0 Å². The molecule has 2 N–H and O–H groups in total. The van der Waals surface area contributed by atoms with E-state index in [-0.39, 0.29) is 5.41 Å². The molecule has 0 heterocycles. The summed E-state index contributed by atoms with van der Waals surface area (Å²) in [5.41, 5.74) is 6.43. The van der Waals surface area contributed by atoms with E-state index in [4.69, 9.17) is 17.3 Å². The Labute approximate surface area is 107 Å². The van der Waals surface area contributed by atoms with E-state index in [9.17, 15) is 8.42 Å². The first-order chi connectivity index (χ1) is 7.89. The largest absolute Gasteiger partial charge is 0.330 e. The molecular formula is C12H16ClNO2S. The van der Waals surface area contributed by atoms with Gasteiger partial charge in [-0.1, -0.05) is 18.0 Å². The minimum Gasteiger partial charge on any atom is -0.330 e. The number of sulfone groups is 1. The lowest BCUT2D eigenvalue weighted by atomic mass is 9.64. The number of halogens is 1. The van der Waals surface area contributed by atoms with Crippen LogP contribution in [0.2, 0.25) is 5.02 Å². The summed E-state index contributed by atoms with van der Waals surface area (Å²) in [7, 11) is -3.23. The summed E-state index contributed by atoms with van der Waals surface area (Å²) in [4.78, 5) is 0.368. The second-order valence-corrected chi connectivity index (χ2v) is 7.17. The molecule has 0 spiro atoms. The minimum absolute atomic E-state index is 0.191. The minimum atomic E-state index is -3.23. The summed E-state index contributed by atoms with van der Waals surface area (Å²) in [5.74, 6) is 0. The SMILES string of the molecule is CS(=O)(=O)c1ccc(Cl)cc1C1(CN)CCC1. The average molecular weight is 274 g/mol. The first kappa shape index (κ1) is 12.9. The van der Waals surface area contributed by atoms with Gasteiger partial charge in [-0.2, -0.15) is 0 Å². The maximum atomic E-state index is 11.8. The molecule has 0 amide bonds. The van der Waals surface area contributed by atoms with E-state index in [0.717, 1.165) is 24.8 Å². The molecule has 5 heteroatoms. The van der Waals surface area contributed by atoms with Crippen molar-refractivity contribution >= 4 is 21.4 Å². The molecule has 1 aromatic carbocycles. The molecule has 1 aliphatic carbocycles. The lowest BCUT2D eigenvalue weighted by Gasteiger charge is -2.42. The Hall–Kier alpha value is -0.580. The highest BCUT2D eigenvalue weighted by Gasteiger charge is 2.40. The van der Waals surface area contributed by atoms with Crippen LogP contribution < -0.4 is 5.73 Å². The van der Waals surface area contributed by atoms with Crippen molar-refractivity contribution < 1.29 is 8.42 Å². The van der Waals surface area contributed by atoms with Gasteiger partial charge in [0.2, 0.25) is 0 Å². The lowest BCUT2D eigenvalue weighted by Crippen LogP contribution is -2.42. The number of nitrogens with two attached hydrogens (primary N) is 1. The predicted octanol–water partition coefficient (Wildman–Crippen LogP) is 2.12. The Morgan fingerprint density at radius 3 is 2.47 bits per heavy atom. The second kappa shape index (κ2) is 4.26. The van der Waals surface area contributed by atoms with Crippen molar-refractivity contribution in [1.82, 2.24) is 0 Å². The normalized spacial score (nSPS) is 18.8. The Balaban J connectivity index is 2.63. The summed E-state index contributed by atoms with van der Waals surface area (Å²) in [6.07, 6.45) is 4.19. The molecule has 0 bridgehead atoms. The molecule has 0 unspecified atom stereocenters. The van der Waals surface area contributed by atoms with Gasteiger partial charge in [0.15, 0.2) is 9.84 Å². The van der Waals surface area contributed by atoms with Crippen LogP contribution in [0.5, 0.6) is 0 Å². The molecule has 1 aliphatic rings. The molecule has 0 saturated heterocycles. The van der Waals surface area contributed by atoms with Crippen molar-refractivity contribution in [3.05, 3.63) is 28.8 Å². The van der Waals surface area contributed by atoms with Gasteiger partial charge in [0.25, 0.3) is 0 Å². The fraction of sp³-hybridized carbons (Fsp3) is 0.500. The van der Waals surface area contributed by atoms with Gasteiger partial charge in [-0.25, -0.2) is 8.42 Å². The van der Waals surface area contributed by atoms with Crippen molar-refractivity contribution in [2.75, 3.05) is 12.8 Å². The summed E-state index contributed by atoms with van der Waals surface area (Å²) in [6, 6.07) is 4.96. The summed E-state index contributed by atoms with van der Waals surface area (Å²) < 4.78 is 23.6. The summed E-state index contributed by atoms with van der Waals surface area (Å²) >= 11 is 5.98. The number of hydrogen-bond acceptors (Lipinski definition) is 3. The standard InChI is InChI=1S/C12H16ClNO2S/c1-17(15,16)11-4-3-9(13)7-10(11)12(8-14)5-2-6-12/h3-4,7H,2,5-6,8,14H2,1H3. The zero-order valence-electron chi connectivity index (χ0n) is 9.74. The highest BCUT2D eigenvalue weighted by atomic mass is 35.5. The summed E-state index contributed by atoms with van der Waals surface area (Å²) in [6.45, 7) is 0.468. The van der Waals surface area contributed by atoms with Crippen LogP contribution in [0.15, 0.2) is 23.1 Å². The van der Waals surface area contributed by atoms with Crippen LogP contribution in [0.25, 0.3) is 0 Å².